The van der Waals surface area contributed by atoms with Gasteiger partial charge in [-0.2, -0.15) is 0 Å². The molecule has 112 valence electrons. The highest BCUT2D eigenvalue weighted by molar-refractivity contribution is 8.13. The first kappa shape index (κ1) is 15.7. The van der Waals surface area contributed by atoms with E-state index in [0.29, 0.717) is 19.5 Å². The Morgan fingerprint density at radius 1 is 1.55 bits per heavy atom. The number of likely N-dealkylation sites (tertiary alicyclic amines) is 1. The van der Waals surface area contributed by atoms with E-state index in [0.717, 1.165) is 17.1 Å². The number of nitrogens with zero attached hydrogens (tertiary/aromatic N) is 2. The Morgan fingerprint density at radius 2 is 2.30 bits per heavy atom. The van der Waals surface area contributed by atoms with Crippen LogP contribution in [0.5, 0.6) is 0 Å². The van der Waals surface area contributed by atoms with Crippen molar-refractivity contribution in [2.75, 3.05) is 18.8 Å². The third-order valence-electron chi connectivity index (χ3n) is 3.27. The van der Waals surface area contributed by atoms with Crippen molar-refractivity contribution in [1.82, 2.24) is 9.88 Å². The molecule has 1 atom stereocenters. The lowest BCUT2D eigenvalue weighted by Crippen LogP contribution is -2.28. The Morgan fingerprint density at radius 3 is 2.90 bits per heavy atom. The number of thiazole rings is 1. The Hall–Kier alpha value is -0.660. The minimum atomic E-state index is -3.54. The minimum Gasteiger partial charge on any atom is -0.342 e. The molecule has 1 fully saturated rings. The number of rotatable bonds is 6. The maximum absolute atomic E-state index is 11.8. The number of aromatic nitrogens is 1. The lowest BCUT2D eigenvalue weighted by Gasteiger charge is -2.15. The minimum absolute atomic E-state index is 0.00117. The second kappa shape index (κ2) is 6.41. The predicted molar refractivity (Wildman–Crippen MR) is 79.5 cm³/mol. The fourth-order valence-corrected chi connectivity index (χ4v) is 4.44. The molecular weight excluding hydrogens is 320 g/mol. The number of halogens is 1. The quantitative estimate of drug-likeness (QED) is 0.741. The first-order valence-electron chi connectivity index (χ1n) is 6.50. The van der Waals surface area contributed by atoms with Crippen LogP contribution < -0.4 is 0 Å². The summed E-state index contributed by atoms with van der Waals surface area (Å²) in [5.41, 5.74) is 0.994. The molecule has 0 bridgehead atoms. The zero-order chi connectivity index (χ0) is 14.8. The smallest absolute Gasteiger partial charge is 0.232 e. The van der Waals surface area contributed by atoms with Crippen LogP contribution in [0.25, 0.3) is 0 Å². The summed E-state index contributed by atoms with van der Waals surface area (Å²) >= 11 is 1.63. The van der Waals surface area contributed by atoms with Gasteiger partial charge in [0, 0.05) is 47.9 Å². The molecule has 0 saturated carbocycles. The summed E-state index contributed by atoms with van der Waals surface area (Å²) in [4.78, 5) is 18.0. The summed E-state index contributed by atoms with van der Waals surface area (Å²) < 4.78 is 22.1. The lowest BCUT2D eigenvalue weighted by molar-refractivity contribution is -0.127. The molecule has 0 spiro atoms. The zero-order valence-corrected chi connectivity index (χ0v) is 13.6. The van der Waals surface area contributed by atoms with Gasteiger partial charge in [0.2, 0.25) is 15.0 Å². The van der Waals surface area contributed by atoms with Crippen LogP contribution in [0.15, 0.2) is 5.38 Å². The van der Waals surface area contributed by atoms with Crippen molar-refractivity contribution in [1.29, 1.82) is 0 Å². The van der Waals surface area contributed by atoms with Crippen molar-refractivity contribution in [3.63, 3.8) is 0 Å². The average Bonchev–Trinajstić information content (AvgIpc) is 2.91. The number of carbonyl (C=O) groups excluding carboxylic acids is 1. The first-order chi connectivity index (χ1) is 9.37. The molecule has 1 amide bonds. The van der Waals surface area contributed by atoms with Crippen molar-refractivity contribution in [3.8, 4) is 0 Å². The molecule has 1 unspecified atom stereocenters. The Bertz CT molecular complexity index is 585. The number of carbonyl (C=O) groups is 1. The molecule has 8 heteroatoms. The van der Waals surface area contributed by atoms with Crippen LogP contribution in [0.1, 0.15) is 24.0 Å². The molecule has 0 aromatic carbocycles. The van der Waals surface area contributed by atoms with E-state index in [9.17, 15) is 13.2 Å². The topological polar surface area (TPSA) is 67.3 Å². The Kier molecular flexibility index (Phi) is 5.04. The van der Waals surface area contributed by atoms with Crippen LogP contribution in [0.3, 0.4) is 0 Å². The van der Waals surface area contributed by atoms with Crippen molar-refractivity contribution < 1.29 is 13.2 Å². The van der Waals surface area contributed by atoms with Crippen LogP contribution in [0.2, 0.25) is 0 Å². The van der Waals surface area contributed by atoms with Gasteiger partial charge in [-0.25, -0.2) is 13.4 Å². The van der Waals surface area contributed by atoms with Gasteiger partial charge in [0.05, 0.1) is 16.5 Å². The van der Waals surface area contributed by atoms with Crippen LogP contribution in [0.4, 0.5) is 0 Å². The van der Waals surface area contributed by atoms with Gasteiger partial charge >= 0.3 is 0 Å². The highest BCUT2D eigenvalue weighted by Gasteiger charge is 2.31. The van der Waals surface area contributed by atoms with Gasteiger partial charge in [-0.1, -0.05) is 6.92 Å². The Labute approximate surface area is 127 Å². The van der Waals surface area contributed by atoms with E-state index in [-0.39, 0.29) is 24.0 Å². The number of amides is 1. The van der Waals surface area contributed by atoms with E-state index in [1.807, 2.05) is 5.38 Å². The number of hydrogen-bond acceptors (Lipinski definition) is 5. The highest BCUT2D eigenvalue weighted by Crippen LogP contribution is 2.21. The van der Waals surface area contributed by atoms with Gasteiger partial charge in [-0.3, -0.25) is 4.79 Å². The van der Waals surface area contributed by atoms with Crippen LogP contribution in [0, 0.1) is 5.92 Å². The summed E-state index contributed by atoms with van der Waals surface area (Å²) in [6.07, 6.45) is 1.90. The molecule has 5 nitrogen and oxygen atoms in total. The standard InChI is InChI=1S/C12H17ClN2O3S2/c1-2-11-14-10(7-19-11)3-4-15-6-9(5-12(15)16)8-20(13,17)18/h7,9H,2-6,8H2,1H3. The summed E-state index contributed by atoms with van der Waals surface area (Å²) in [5.74, 6) is -0.319. The van der Waals surface area contributed by atoms with Gasteiger partial charge in [0.1, 0.15) is 0 Å². The normalized spacial score (nSPS) is 19.8. The largest absolute Gasteiger partial charge is 0.342 e. The molecule has 0 N–H and O–H groups in total. The van der Waals surface area contributed by atoms with Gasteiger partial charge in [0.15, 0.2) is 0 Å². The molecule has 1 saturated heterocycles. The van der Waals surface area contributed by atoms with E-state index in [2.05, 4.69) is 11.9 Å². The molecule has 1 aromatic heterocycles. The van der Waals surface area contributed by atoms with E-state index < -0.39 is 9.05 Å². The maximum Gasteiger partial charge on any atom is 0.232 e. The van der Waals surface area contributed by atoms with Gasteiger partial charge in [-0.05, 0) is 6.42 Å². The van der Waals surface area contributed by atoms with Gasteiger partial charge in [0.25, 0.3) is 0 Å². The lowest BCUT2D eigenvalue weighted by atomic mass is 10.1. The van der Waals surface area contributed by atoms with Crippen LogP contribution in [-0.4, -0.2) is 43.1 Å². The van der Waals surface area contributed by atoms with Crippen molar-refractivity contribution in [2.24, 2.45) is 5.92 Å². The summed E-state index contributed by atoms with van der Waals surface area (Å²) in [6.45, 7) is 3.11. The molecule has 1 aromatic rings. The van der Waals surface area contributed by atoms with E-state index in [1.54, 1.807) is 16.2 Å². The average molecular weight is 337 g/mol. The number of aryl methyl sites for hydroxylation is 1. The SMILES string of the molecule is CCc1nc(CCN2CC(CS(=O)(=O)Cl)CC2=O)cs1. The molecular formula is C12H17ClN2O3S2. The van der Waals surface area contributed by atoms with E-state index in [4.69, 9.17) is 10.7 Å². The summed E-state index contributed by atoms with van der Waals surface area (Å²) in [6, 6.07) is 0. The van der Waals surface area contributed by atoms with Crippen molar-refractivity contribution >= 4 is 37.0 Å². The molecule has 0 radical (unpaired) electrons. The third kappa shape index (κ3) is 4.43. The van der Waals surface area contributed by atoms with Crippen LogP contribution >= 0.6 is 22.0 Å². The van der Waals surface area contributed by atoms with Gasteiger partial charge < -0.3 is 4.90 Å². The second-order valence-electron chi connectivity index (χ2n) is 4.95. The molecule has 2 heterocycles. The predicted octanol–water partition coefficient (Wildman–Crippen LogP) is 1.67. The first-order valence-corrected chi connectivity index (χ1v) is 9.86. The molecule has 2 rings (SSSR count). The number of hydrogen-bond donors (Lipinski definition) is 0. The third-order valence-corrected chi connectivity index (χ3v) is 5.56. The monoisotopic (exact) mass is 336 g/mol. The fraction of sp³-hybridized carbons (Fsp3) is 0.667. The fourth-order valence-electron chi connectivity index (χ4n) is 2.34. The molecule has 1 aliphatic heterocycles. The van der Waals surface area contributed by atoms with Crippen molar-refractivity contribution in [2.45, 2.75) is 26.2 Å². The maximum atomic E-state index is 11.8. The summed E-state index contributed by atoms with van der Waals surface area (Å²) in [5, 5.41) is 3.11. The van der Waals surface area contributed by atoms with E-state index in [1.165, 1.54) is 0 Å². The molecule has 0 aliphatic carbocycles. The Balaban J connectivity index is 1.86. The second-order valence-corrected chi connectivity index (χ2v) is 8.72. The highest BCUT2D eigenvalue weighted by atomic mass is 35.7. The van der Waals surface area contributed by atoms with Crippen molar-refractivity contribution in [3.05, 3.63) is 16.1 Å². The van der Waals surface area contributed by atoms with Crippen LogP contribution in [-0.2, 0) is 26.7 Å². The molecule has 1 aliphatic rings. The molecule has 20 heavy (non-hydrogen) atoms. The van der Waals surface area contributed by atoms with Gasteiger partial charge in [-0.15, -0.1) is 11.3 Å². The zero-order valence-electron chi connectivity index (χ0n) is 11.2. The summed E-state index contributed by atoms with van der Waals surface area (Å²) in [7, 11) is 1.70. The van der Waals surface area contributed by atoms with E-state index >= 15 is 0 Å².